The number of hydrogen-bond acceptors (Lipinski definition) is 3. The number of nitrogens with one attached hydrogen (secondary N) is 3. The summed E-state index contributed by atoms with van der Waals surface area (Å²) >= 11 is 0. The van der Waals surface area contributed by atoms with Crippen LogP contribution in [0.3, 0.4) is 0 Å². The van der Waals surface area contributed by atoms with Crippen molar-refractivity contribution in [1.82, 2.24) is 20.9 Å². The topological polar surface area (TPSA) is 68.8 Å². The second-order valence-electron chi connectivity index (χ2n) is 6.32. The van der Waals surface area contributed by atoms with Crippen LogP contribution in [0.5, 0.6) is 0 Å². The van der Waals surface area contributed by atoms with E-state index >= 15 is 0 Å². The molecule has 6 nitrogen and oxygen atoms in total. The van der Waals surface area contributed by atoms with E-state index in [2.05, 4.69) is 46.6 Å². The van der Waals surface area contributed by atoms with Crippen molar-refractivity contribution in [2.45, 2.75) is 53.1 Å². The number of hydrogen-bond donors (Lipinski definition) is 3. The van der Waals surface area contributed by atoms with Gasteiger partial charge in [-0.3, -0.25) is 9.69 Å². The molecule has 6 heteroatoms. The van der Waals surface area contributed by atoms with E-state index in [1.54, 1.807) is 0 Å². The van der Waals surface area contributed by atoms with Gasteiger partial charge in [-0.1, -0.05) is 13.8 Å². The number of nitrogens with zero attached hydrogens (tertiary/aromatic N) is 2. The van der Waals surface area contributed by atoms with Gasteiger partial charge in [0.1, 0.15) is 6.54 Å². The average Bonchev–Trinajstić information content (AvgIpc) is 2.84. The van der Waals surface area contributed by atoms with Crippen LogP contribution in [0.2, 0.25) is 0 Å². The van der Waals surface area contributed by atoms with E-state index in [0.29, 0.717) is 24.5 Å². The molecule has 1 aliphatic heterocycles. The molecule has 3 N–H and O–H groups in total. The smallest absolute Gasteiger partial charge is 0.241 e. The molecular formula is C16H33N5O. The van der Waals surface area contributed by atoms with Crippen LogP contribution < -0.4 is 16.0 Å². The summed E-state index contributed by atoms with van der Waals surface area (Å²) < 4.78 is 0. The number of guanidine groups is 1. The first-order chi connectivity index (χ1) is 10.5. The fourth-order valence-corrected chi connectivity index (χ4v) is 2.58. The third-order valence-corrected chi connectivity index (χ3v) is 3.99. The molecule has 1 saturated heterocycles. The van der Waals surface area contributed by atoms with Gasteiger partial charge in [0.25, 0.3) is 0 Å². The Morgan fingerprint density at radius 3 is 2.55 bits per heavy atom. The van der Waals surface area contributed by atoms with E-state index < -0.39 is 0 Å². The van der Waals surface area contributed by atoms with Crippen molar-refractivity contribution in [3.8, 4) is 0 Å². The Bertz CT molecular complexity index is 370. The molecule has 0 saturated carbocycles. The van der Waals surface area contributed by atoms with Crippen LogP contribution >= 0.6 is 0 Å². The molecule has 1 rings (SSSR count). The molecule has 0 spiro atoms. The van der Waals surface area contributed by atoms with Crippen LogP contribution in [0, 0.1) is 5.92 Å². The van der Waals surface area contributed by atoms with Crippen LogP contribution in [0.4, 0.5) is 0 Å². The Labute approximate surface area is 135 Å². The van der Waals surface area contributed by atoms with Crippen LogP contribution in [0.1, 0.15) is 41.0 Å². The van der Waals surface area contributed by atoms with Crippen LogP contribution in [0.25, 0.3) is 0 Å². The third kappa shape index (κ3) is 6.22. The maximum Gasteiger partial charge on any atom is 0.241 e. The zero-order valence-corrected chi connectivity index (χ0v) is 14.8. The summed E-state index contributed by atoms with van der Waals surface area (Å²) in [6, 6.07) is 0.937. The highest BCUT2D eigenvalue weighted by Crippen LogP contribution is 2.18. The van der Waals surface area contributed by atoms with E-state index in [9.17, 15) is 4.79 Å². The summed E-state index contributed by atoms with van der Waals surface area (Å²) in [4.78, 5) is 18.5. The molecule has 1 aliphatic rings. The molecule has 0 aliphatic carbocycles. The van der Waals surface area contributed by atoms with E-state index in [-0.39, 0.29) is 12.5 Å². The summed E-state index contributed by atoms with van der Waals surface area (Å²) in [6.45, 7) is 14.6. The van der Waals surface area contributed by atoms with E-state index in [4.69, 9.17) is 0 Å². The first kappa shape index (κ1) is 18.7. The summed E-state index contributed by atoms with van der Waals surface area (Å²) in [7, 11) is 0. The van der Waals surface area contributed by atoms with Gasteiger partial charge in [0, 0.05) is 38.3 Å². The molecule has 1 amide bonds. The van der Waals surface area contributed by atoms with Crippen LogP contribution in [-0.4, -0.2) is 61.6 Å². The van der Waals surface area contributed by atoms with Gasteiger partial charge in [0.2, 0.25) is 5.91 Å². The molecule has 0 radical (unpaired) electrons. The standard InChI is InChI=1S/C16H33N5O/c1-6-8-18-15(22)9-19-16(17-7-2)20-14-11-21(12(3)4)10-13(14)5/h12-14H,6-11H2,1-5H3,(H,18,22)(H2,17,19,20). The molecule has 2 unspecified atom stereocenters. The molecule has 0 bridgehead atoms. The number of carbonyl (C=O) groups is 1. The maximum atomic E-state index is 11.7. The van der Waals surface area contributed by atoms with Gasteiger partial charge in [0.05, 0.1) is 0 Å². The van der Waals surface area contributed by atoms with Gasteiger partial charge in [-0.15, -0.1) is 0 Å². The van der Waals surface area contributed by atoms with Gasteiger partial charge in [0.15, 0.2) is 5.96 Å². The zero-order valence-electron chi connectivity index (χ0n) is 14.8. The van der Waals surface area contributed by atoms with E-state index in [1.165, 1.54) is 0 Å². The lowest BCUT2D eigenvalue weighted by atomic mass is 10.1. The number of amides is 1. The lowest BCUT2D eigenvalue weighted by Gasteiger charge is -2.21. The quantitative estimate of drug-likeness (QED) is 0.480. The Balaban J connectivity index is 2.54. The molecule has 1 heterocycles. The van der Waals surface area contributed by atoms with Gasteiger partial charge < -0.3 is 16.0 Å². The molecule has 0 aromatic rings. The predicted octanol–water partition coefficient (Wildman–Crippen LogP) is 0.796. The van der Waals surface area contributed by atoms with Crippen molar-refractivity contribution in [2.24, 2.45) is 10.9 Å². The summed E-state index contributed by atoms with van der Waals surface area (Å²) in [5.41, 5.74) is 0. The first-order valence-electron chi connectivity index (χ1n) is 8.53. The minimum absolute atomic E-state index is 0.0256. The molecule has 2 atom stereocenters. The Kier molecular flexibility index (Phi) is 8.24. The molecule has 0 aromatic carbocycles. The highest BCUT2D eigenvalue weighted by molar-refractivity contribution is 5.85. The van der Waals surface area contributed by atoms with Crippen molar-refractivity contribution in [3.63, 3.8) is 0 Å². The van der Waals surface area contributed by atoms with Gasteiger partial charge in [-0.25, -0.2) is 4.99 Å². The second kappa shape index (κ2) is 9.66. The fourth-order valence-electron chi connectivity index (χ4n) is 2.58. The van der Waals surface area contributed by atoms with Gasteiger partial charge in [-0.2, -0.15) is 0 Å². The van der Waals surface area contributed by atoms with Crippen molar-refractivity contribution < 1.29 is 4.79 Å². The fraction of sp³-hybridized carbons (Fsp3) is 0.875. The van der Waals surface area contributed by atoms with Crippen molar-refractivity contribution in [2.75, 3.05) is 32.7 Å². The van der Waals surface area contributed by atoms with E-state index in [0.717, 1.165) is 32.0 Å². The van der Waals surface area contributed by atoms with Crippen LogP contribution in [0.15, 0.2) is 4.99 Å². The maximum absolute atomic E-state index is 11.7. The molecule has 128 valence electrons. The van der Waals surface area contributed by atoms with Crippen molar-refractivity contribution in [1.29, 1.82) is 0 Å². The minimum atomic E-state index is -0.0256. The van der Waals surface area contributed by atoms with Gasteiger partial charge >= 0.3 is 0 Å². The SMILES string of the molecule is CCCNC(=O)CN=C(NCC)NC1CN(C(C)C)CC1C. The Morgan fingerprint density at radius 2 is 2.00 bits per heavy atom. The number of carbonyl (C=O) groups excluding carboxylic acids is 1. The monoisotopic (exact) mass is 311 g/mol. The van der Waals surface area contributed by atoms with Crippen LogP contribution in [-0.2, 0) is 4.79 Å². The normalized spacial score (nSPS) is 22.9. The minimum Gasteiger partial charge on any atom is -0.357 e. The lowest BCUT2D eigenvalue weighted by molar-refractivity contribution is -0.119. The lowest BCUT2D eigenvalue weighted by Crippen LogP contribution is -2.47. The molecule has 22 heavy (non-hydrogen) atoms. The summed E-state index contributed by atoms with van der Waals surface area (Å²) in [6.07, 6.45) is 0.943. The number of aliphatic imine (C=N–C) groups is 1. The Hall–Kier alpha value is -1.30. The van der Waals surface area contributed by atoms with Gasteiger partial charge in [-0.05, 0) is 33.1 Å². The Morgan fingerprint density at radius 1 is 1.27 bits per heavy atom. The summed E-state index contributed by atoms with van der Waals surface area (Å²) in [5, 5.41) is 9.55. The molecule has 0 aromatic heterocycles. The summed E-state index contributed by atoms with van der Waals surface area (Å²) in [5.74, 6) is 1.28. The second-order valence-corrected chi connectivity index (χ2v) is 6.32. The number of rotatable bonds is 7. The number of likely N-dealkylation sites (tertiary alicyclic amines) is 1. The first-order valence-corrected chi connectivity index (χ1v) is 8.53. The highest BCUT2D eigenvalue weighted by Gasteiger charge is 2.31. The van der Waals surface area contributed by atoms with Crippen molar-refractivity contribution >= 4 is 11.9 Å². The largest absolute Gasteiger partial charge is 0.357 e. The average molecular weight is 311 g/mol. The zero-order chi connectivity index (χ0) is 16.5. The predicted molar refractivity (Wildman–Crippen MR) is 92.1 cm³/mol. The third-order valence-electron chi connectivity index (χ3n) is 3.99. The highest BCUT2D eigenvalue weighted by atomic mass is 16.1. The van der Waals surface area contributed by atoms with E-state index in [1.807, 2.05) is 13.8 Å². The molecular weight excluding hydrogens is 278 g/mol. The van der Waals surface area contributed by atoms with Crippen molar-refractivity contribution in [3.05, 3.63) is 0 Å². The molecule has 1 fully saturated rings.